The van der Waals surface area contributed by atoms with Gasteiger partial charge < -0.3 is 15.8 Å². The van der Waals surface area contributed by atoms with E-state index in [2.05, 4.69) is 5.32 Å². The Morgan fingerprint density at radius 1 is 1.17 bits per heavy atom. The van der Waals surface area contributed by atoms with Gasteiger partial charge in [-0.05, 0) is 50.3 Å². The first kappa shape index (κ1) is 16.1. The van der Waals surface area contributed by atoms with Crippen LogP contribution in [0.15, 0.2) is 18.2 Å². The molecule has 5 nitrogen and oxygen atoms in total. The normalized spacial score (nSPS) is 24.0. The van der Waals surface area contributed by atoms with Gasteiger partial charge in [-0.15, -0.1) is 0 Å². The molecule has 0 radical (unpaired) electrons. The summed E-state index contributed by atoms with van der Waals surface area (Å²) in [7, 11) is 0. The molecule has 0 spiro atoms. The number of nitrogens with one attached hydrogen (secondary N) is 1. The minimum atomic E-state index is -0.358. The third-order valence-corrected chi connectivity index (χ3v) is 5.05. The van der Waals surface area contributed by atoms with E-state index in [0.29, 0.717) is 16.3 Å². The number of rotatable bonds is 5. The van der Waals surface area contributed by atoms with Gasteiger partial charge in [-0.1, -0.05) is 18.0 Å². The summed E-state index contributed by atoms with van der Waals surface area (Å²) in [5, 5.41) is 3.24. The zero-order valence-electron chi connectivity index (χ0n) is 12.9. The van der Waals surface area contributed by atoms with Crippen LogP contribution in [0.4, 0.5) is 0 Å². The van der Waals surface area contributed by atoms with Crippen molar-refractivity contribution in [2.75, 3.05) is 0 Å². The van der Waals surface area contributed by atoms with Gasteiger partial charge in [0.25, 0.3) is 5.91 Å². The quantitative estimate of drug-likeness (QED) is 0.867. The van der Waals surface area contributed by atoms with E-state index >= 15 is 0 Å². The largest absolute Gasteiger partial charge is 0.490 e. The van der Waals surface area contributed by atoms with Crippen LogP contribution in [-0.4, -0.2) is 24.0 Å². The molecule has 0 bridgehead atoms. The second kappa shape index (κ2) is 6.79. The highest BCUT2D eigenvalue weighted by Crippen LogP contribution is 2.29. The number of halogens is 1. The Bertz CT molecular complexity index is 616. The molecule has 1 aromatic carbocycles. The molecule has 2 fully saturated rings. The summed E-state index contributed by atoms with van der Waals surface area (Å²) < 4.78 is 5.77. The molecule has 2 amide bonds. The summed E-state index contributed by atoms with van der Waals surface area (Å²) in [6, 6.07) is 4.90. The average Bonchev–Trinajstić information content (AvgIpc) is 2.91. The molecule has 0 heterocycles. The summed E-state index contributed by atoms with van der Waals surface area (Å²) in [4.78, 5) is 23.8. The molecule has 6 heteroatoms. The fourth-order valence-corrected chi connectivity index (χ4v) is 3.41. The smallest absolute Gasteiger partial charge is 0.253 e. The van der Waals surface area contributed by atoms with Gasteiger partial charge >= 0.3 is 0 Å². The van der Waals surface area contributed by atoms with Crippen LogP contribution in [0.1, 0.15) is 48.9 Å². The lowest BCUT2D eigenvalue weighted by molar-refractivity contribution is -0.122. The van der Waals surface area contributed by atoms with Crippen molar-refractivity contribution in [1.82, 2.24) is 5.32 Å². The van der Waals surface area contributed by atoms with Crippen LogP contribution in [-0.2, 0) is 4.79 Å². The summed E-state index contributed by atoms with van der Waals surface area (Å²) >= 11 is 6.22. The number of primary amides is 1. The van der Waals surface area contributed by atoms with Crippen molar-refractivity contribution in [2.24, 2.45) is 11.7 Å². The fourth-order valence-electron chi connectivity index (χ4n) is 3.15. The van der Waals surface area contributed by atoms with E-state index in [1.165, 1.54) is 6.42 Å². The van der Waals surface area contributed by atoms with Crippen molar-refractivity contribution in [2.45, 2.75) is 50.7 Å². The van der Waals surface area contributed by atoms with Gasteiger partial charge in [-0.2, -0.15) is 0 Å². The van der Waals surface area contributed by atoms with E-state index in [-0.39, 0.29) is 29.9 Å². The Labute approximate surface area is 140 Å². The number of hydrogen-bond donors (Lipinski definition) is 2. The molecule has 0 unspecified atom stereocenters. The highest BCUT2D eigenvalue weighted by molar-refractivity contribution is 6.34. The minimum Gasteiger partial charge on any atom is -0.490 e. The summed E-state index contributed by atoms with van der Waals surface area (Å²) in [6.45, 7) is 0. The van der Waals surface area contributed by atoms with Crippen LogP contribution in [0, 0.1) is 5.92 Å². The Morgan fingerprint density at radius 2 is 1.91 bits per heavy atom. The molecule has 23 heavy (non-hydrogen) atoms. The maximum absolute atomic E-state index is 12.4. The lowest BCUT2D eigenvalue weighted by Gasteiger charge is -2.26. The third kappa shape index (κ3) is 3.61. The molecular formula is C17H21ClN2O3. The molecule has 1 aromatic rings. The second-order valence-electron chi connectivity index (χ2n) is 6.33. The molecule has 2 atom stereocenters. The molecular weight excluding hydrogens is 316 g/mol. The van der Waals surface area contributed by atoms with Gasteiger partial charge in [0.15, 0.2) is 0 Å². The highest BCUT2D eigenvalue weighted by atomic mass is 35.5. The average molecular weight is 337 g/mol. The van der Waals surface area contributed by atoms with Crippen molar-refractivity contribution in [3.05, 3.63) is 28.8 Å². The topological polar surface area (TPSA) is 81.4 Å². The Hall–Kier alpha value is -1.75. The number of amides is 2. The molecule has 124 valence electrons. The van der Waals surface area contributed by atoms with Crippen LogP contribution in [0.2, 0.25) is 5.02 Å². The Morgan fingerprint density at radius 3 is 2.52 bits per heavy atom. The Kier molecular flexibility index (Phi) is 4.76. The standard InChI is InChI=1S/C17H21ClN2O3/c18-14-9-11(23-10-3-1-4-10)7-8-12(14)17(22)20-15-6-2-5-13(15)16(19)21/h7-10,13,15H,1-6H2,(H2,19,21)(H,20,22)/t13-,15-/m0/s1. The van der Waals surface area contributed by atoms with Crippen molar-refractivity contribution < 1.29 is 14.3 Å². The van der Waals surface area contributed by atoms with Gasteiger partial charge in [-0.25, -0.2) is 0 Å². The minimum absolute atomic E-state index is 0.207. The van der Waals surface area contributed by atoms with Crippen LogP contribution < -0.4 is 15.8 Å². The lowest BCUT2D eigenvalue weighted by Crippen LogP contribution is -2.42. The second-order valence-corrected chi connectivity index (χ2v) is 6.74. The van der Waals surface area contributed by atoms with Gasteiger partial charge in [0.05, 0.1) is 22.6 Å². The van der Waals surface area contributed by atoms with Crippen LogP contribution in [0.25, 0.3) is 0 Å². The predicted molar refractivity (Wildman–Crippen MR) is 87.5 cm³/mol. The van der Waals surface area contributed by atoms with Gasteiger partial charge in [0, 0.05) is 6.04 Å². The SMILES string of the molecule is NC(=O)[C@H]1CCC[C@@H]1NC(=O)c1ccc(OC2CCC2)cc1Cl. The van der Waals surface area contributed by atoms with Crippen LogP contribution >= 0.6 is 11.6 Å². The van der Waals surface area contributed by atoms with Gasteiger partial charge in [0.2, 0.25) is 5.91 Å². The zero-order chi connectivity index (χ0) is 16.4. The monoisotopic (exact) mass is 336 g/mol. The lowest BCUT2D eigenvalue weighted by atomic mass is 9.96. The number of benzene rings is 1. The molecule has 0 aliphatic heterocycles. The molecule has 3 rings (SSSR count). The molecule has 0 saturated heterocycles. The number of hydrogen-bond acceptors (Lipinski definition) is 3. The van der Waals surface area contributed by atoms with Gasteiger partial charge in [-0.3, -0.25) is 9.59 Å². The molecule has 2 saturated carbocycles. The maximum Gasteiger partial charge on any atom is 0.253 e. The fraction of sp³-hybridized carbons (Fsp3) is 0.529. The van der Waals surface area contributed by atoms with E-state index < -0.39 is 0 Å². The van der Waals surface area contributed by atoms with E-state index in [0.717, 1.165) is 32.1 Å². The highest BCUT2D eigenvalue weighted by Gasteiger charge is 2.33. The maximum atomic E-state index is 12.4. The summed E-state index contributed by atoms with van der Waals surface area (Å²) in [6.07, 6.45) is 5.97. The number of carbonyl (C=O) groups is 2. The number of nitrogens with two attached hydrogens (primary N) is 1. The molecule has 0 aromatic heterocycles. The van der Waals surface area contributed by atoms with Crippen LogP contribution in [0.3, 0.4) is 0 Å². The number of ether oxygens (including phenoxy) is 1. The van der Waals surface area contributed by atoms with E-state index in [4.69, 9.17) is 22.1 Å². The van der Waals surface area contributed by atoms with Crippen molar-refractivity contribution in [1.29, 1.82) is 0 Å². The van der Waals surface area contributed by atoms with E-state index in [1.807, 2.05) is 0 Å². The first-order valence-corrected chi connectivity index (χ1v) is 8.49. The zero-order valence-corrected chi connectivity index (χ0v) is 13.6. The number of carbonyl (C=O) groups excluding carboxylic acids is 2. The molecule has 2 aliphatic rings. The van der Waals surface area contributed by atoms with Gasteiger partial charge in [0.1, 0.15) is 5.75 Å². The van der Waals surface area contributed by atoms with E-state index in [9.17, 15) is 9.59 Å². The van der Waals surface area contributed by atoms with Crippen molar-refractivity contribution >= 4 is 23.4 Å². The van der Waals surface area contributed by atoms with Crippen molar-refractivity contribution in [3.8, 4) is 5.75 Å². The first-order valence-electron chi connectivity index (χ1n) is 8.11. The van der Waals surface area contributed by atoms with Crippen LogP contribution in [0.5, 0.6) is 5.75 Å². The Balaban J connectivity index is 1.65. The molecule has 2 aliphatic carbocycles. The third-order valence-electron chi connectivity index (χ3n) is 4.74. The summed E-state index contributed by atoms with van der Waals surface area (Å²) in [5.74, 6) is -0.238. The van der Waals surface area contributed by atoms with E-state index in [1.54, 1.807) is 18.2 Å². The predicted octanol–water partition coefficient (Wildman–Crippen LogP) is 2.66. The molecule has 3 N–H and O–H groups in total. The first-order chi connectivity index (χ1) is 11.0. The summed E-state index contributed by atoms with van der Waals surface area (Å²) in [5.41, 5.74) is 5.78. The van der Waals surface area contributed by atoms with Crippen molar-refractivity contribution in [3.63, 3.8) is 0 Å².